The molecule has 0 rings (SSSR count). The summed E-state index contributed by atoms with van der Waals surface area (Å²) in [6, 6.07) is 2.05. The normalized spacial score (nSPS) is 12.2. The molecule has 0 aliphatic heterocycles. The standard InChI is InChI=1S/C8H16N4O/c1-7(8(13)11-10)6-12(2)5-3-4-9/h7H,3,5-6,10H2,1-2H3,(H,11,13). The van der Waals surface area contributed by atoms with Crippen molar-refractivity contribution in [2.45, 2.75) is 13.3 Å². The molecule has 13 heavy (non-hydrogen) atoms. The molecule has 0 aliphatic rings. The van der Waals surface area contributed by atoms with Crippen molar-refractivity contribution in [1.82, 2.24) is 10.3 Å². The van der Waals surface area contributed by atoms with Gasteiger partial charge in [-0.15, -0.1) is 0 Å². The molecule has 0 spiro atoms. The van der Waals surface area contributed by atoms with Gasteiger partial charge in [-0.1, -0.05) is 6.92 Å². The van der Waals surface area contributed by atoms with E-state index < -0.39 is 0 Å². The van der Waals surface area contributed by atoms with Gasteiger partial charge in [0.15, 0.2) is 0 Å². The van der Waals surface area contributed by atoms with Crippen LogP contribution < -0.4 is 11.3 Å². The number of nitrogens with one attached hydrogen (secondary N) is 1. The average Bonchev–Trinajstić information content (AvgIpc) is 2.13. The topological polar surface area (TPSA) is 82.2 Å². The fourth-order valence-corrected chi connectivity index (χ4v) is 1.02. The molecule has 0 aliphatic carbocycles. The van der Waals surface area contributed by atoms with E-state index in [1.165, 1.54) is 0 Å². The SMILES string of the molecule is CC(CN(C)CCC#N)C(=O)NN. The Morgan fingerprint density at radius 1 is 1.77 bits per heavy atom. The molecule has 0 bridgehead atoms. The van der Waals surface area contributed by atoms with Crippen molar-refractivity contribution in [2.24, 2.45) is 11.8 Å². The van der Waals surface area contributed by atoms with E-state index in [1.54, 1.807) is 6.92 Å². The molecule has 74 valence electrons. The Kier molecular flexibility index (Phi) is 5.85. The first kappa shape index (κ1) is 11.9. The van der Waals surface area contributed by atoms with Crippen molar-refractivity contribution >= 4 is 5.91 Å². The Hall–Kier alpha value is -1.12. The maximum atomic E-state index is 11.0. The summed E-state index contributed by atoms with van der Waals surface area (Å²) in [5.74, 6) is 4.66. The van der Waals surface area contributed by atoms with Crippen LogP contribution in [0.5, 0.6) is 0 Å². The summed E-state index contributed by atoms with van der Waals surface area (Å²) in [4.78, 5) is 12.9. The molecule has 0 saturated heterocycles. The highest BCUT2D eigenvalue weighted by atomic mass is 16.2. The highest BCUT2D eigenvalue weighted by Crippen LogP contribution is 1.98. The van der Waals surface area contributed by atoms with E-state index in [-0.39, 0.29) is 11.8 Å². The van der Waals surface area contributed by atoms with Crippen molar-refractivity contribution in [1.29, 1.82) is 5.26 Å². The summed E-state index contributed by atoms with van der Waals surface area (Å²) < 4.78 is 0. The van der Waals surface area contributed by atoms with Crippen molar-refractivity contribution in [2.75, 3.05) is 20.1 Å². The second kappa shape index (κ2) is 6.40. The maximum Gasteiger partial charge on any atom is 0.237 e. The third-order valence-electron chi connectivity index (χ3n) is 1.78. The molecular weight excluding hydrogens is 168 g/mol. The van der Waals surface area contributed by atoms with E-state index in [0.29, 0.717) is 19.5 Å². The Morgan fingerprint density at radius 3 is 2.85 bits per heavy atom. The van der Waals surface area contributed by atoms with E-state index in [4.69, 9.17) is 11.1 Å². The molecule has 3 N–H and O–H groups in total. The molecule has 5 nitrogen and oxygen atoms in total. The number of carbonyl (C=O) groups is 1. The fraction of sp³-hybridized carbons (Fsp3) is 0.750. The molecule has 1 amide bonds. The summed E-state index contributed by atoms with van der Waals surface area (Å²) in [7, 11) is 1.87. The van der Waals surface area contributed by atoms with Crippen molar-refractivity contribution in [3.8, 4) is 6.07 Å². The maximum absolute atomic E-state index is 11.0. The van der Waals surface area contributed by atoms with Crippen LogP contribution in [0.2, 0.25) is 0 Å². The number of hydrogen-bond donors (Lipinski definition) is 2. The Morgan fingerprint density at radius 2 is 2.38 bits per heavy atom. The van der Waals surface area contributed by atoms with Crippen LogP contribution in [0.25, 0.3) is 0 Å². The molecule has 1 unspecified atom stereocenters. The molecular formula is C8H16N4O. The Balaban J connectivity index is 3.72. The number of hydrazine groups is 1. The monoisotopic (exact) mass is 184 g/mol. The smallest absolute Gasteiger partial charge is 0.237 e. The van der Waals surface area contributed by atoms with Gasteiger partial charge in [0.2, 0.25) is 5.91 Å². The summed E-state index contributed by atoms with van der Waals surface area (Å²) in [5, 5.41) is 8.33. The molecule has 1 atom stereocenters. The molecule has 0 fully saturated rings. The van der Waals surface area contributed by atoms with Gasteiger partial charge >= 0.3 is 0 Å². The zero-order valence-corrected chi connectivity index (χ0v) is 8.08. The first-order valence-electron chi connectivity index (χ1n) is 4.17. The summed E-state index contributed by atoms with van der Waals surface area (Å²) >= 11 is 0. The second-order valence-electron chi connectivity index (χ2n) is 3.08. The number of rotatable bonds is 5. The minimum atomic E-state index is -0.177. The number of hydrogen-bond acceptors (Lipinski definition) is 4. The van der Waals surface area contributed by atoms with Crippen molar-refractivity contribution < 1.29 is 4.79 Å². The third kappa shape index (κ3) is 5.17. The van der Waals surface area contributed by atoms with E-state index in [1.807, 2.05) is 18.0 Å². The number of carbonyl (C=O) groups excluding carboxylic acids is 1. The zero-order chi connectivity index (χ0) is 10.3. The quantitative estimate of drug-likeness (QED) is 0.341. The van der Waals surface area contributed by atoms with Crippen LogP contribution in [-0.4, -0.2) is 30.9 Å². The van der Waals surface area contributed by atoms with Crippen molar-refractivity contribution in [3.05, 3.63) is 0 Å². The van der Waals surface area contributed by atoms with Gasteiger partial charge in [0, 0.05) is 25.4 Å². The summed E-state index contributed by atoms with van der Waals surface area (Å²) in [6.07, 6.45) is 0.480. The minimum absolute atomic E-state index is 0.145. The van der Waals surface area contributed by atoms with E-state index in [0.717, 1.165) is 0 Å². The number of nitrogens with two attached hydrogens (primary N) is 1. The largest absolute Gasteiger partial charge is 0.305 e. The van der Waals surface area contributed by atoms with E-state index >= 15 is 0 Å². The number of nitriles is 1. The van der Waals surface area contributed by atoms with Crippen LogP contribution in [0, 0.1) is 17.2 Å². The molecule has 0 saturated carbocycles. The van der Waals surface area contributed by atoms with E-state index in [9.17, 15) is 4.79 Å². The summed E-state index contributed by atoms with van der Waals surface area (Å²) in [6.45, 7) is 3.09. The van der Waals surface area contributed by atoms with Crippen LogP contribution in [0.15, 0.2) is 0 Å². The van der Waals surface area contributed by atoms with Crippen molar-refractivity contribution in [3.63, 3.8) is 0 Å². The molecule has 0 aromatic rings. The first-order chi connectivity index (χ1) is 6.11. The molecule has 0 radical (unpaired) electrons. The van der Waals surface area contributed by atoms with Gasteiger partial charge in [-0.3, -0.25) is 10.2 Å². The number of nitrogens with zero attached hydrogens (tertiary/aromatic N) is 2. The van der Waals surface area contributed by atoms with Crippen LogP contribution in [0.1, 0.15) is 13.3 Å². The van der Waals surface area contributed by atoms with Crippen LogP contribution in [-0.2, 0) is 4.79 Å². The van der Waals surface area contributed by atoms with Gasteiger partial charge in [-0.05, 0) is 7.05 Å². The first-order valence-corrected chi connectivity index (χ1v) is 4.17. The highest BCUT2D eigenvalue weighted by molar-refractivity contribution is 5.77. The molecule has 0 heterocycles. The lowest BCUT2D eigenvalue weighted by molar-refractivity contribution is -0.125. The molecule has 0 aromatic heterocycles. The van der Waals surface area contributed by atoms with Gasteiger partial charge in [-0.25, -0.2) is 5.84 Å². The second-order valence-corrected chi connectivity index (χ2v) is 3.08. The van der Waals surface area contributed by atoms with Crippen LogP contribution in [0.4, 0.5) is 0 Å². The zero-order valence-electron chi connectivity index (χ0n) is 8.08. The third-order valence-corrected chi connectivity index (χ3v) is 1.78. The Bertz CT molecular complexity index is 199. The molecule has 0 aromatic carbocycles. The average molecular weight is 184 g/mol. The summed E-state index contributed by atoms with van der Waals surface area (Å²) in [5.41, 5.74) is 2.10. The van der Waals surface area contributed by atoms with Crippen LogP contribution >= 0.6 is 0 Å². The predicted octanol–water partition coefficient (Wildman–Crippen LogP) is -0.542. The van der Waals surface area contributed by atoms with Gasteiger partial charge in [-0.2, -0.15) is 5.26 Å². The lowest BCUT2D eigenvalue weighted by atomic mass is 10.1. The van der Waals surface area contributed by atoms with Gasteiger partial charge < -0.3 is 4.90 Å². The van der Waals surface area contributed by atoms with Crippen LogP contribution in [0.3, 0.4) is 0 Å². The fourth-order valence-electron chi connectivity index (χ4n) is 1.02. The predicted molar refractivity (Wildman–Crippen MR) is 49.2 cm³/mol. The number of amides is 1. The highest BCUT2D eigenvalue weighted by Gasteiger charge is 2.13. The minimum Gasteiger partial charge on any atom is -0.305 e. The molecule has 5 heteroatoms. The lowest BCUT2D eigenvalue weighted by Crippen LogP contribution is -2.39. The van der Waals surface area contributed by atoms with Gasteiger partial charge in [0.1, 0.15) is 0 Å². The lowest BCUT2D eigenvalue weighted by Gasteiger charge is -2.18. The Labute approximate surface area is 78.5 Å². The van der Waals surface area contributed by atoms with Gasteiger partial charge in [0.25, 0.3) is 0 Å². The van der Waals surface area contributed by atoms with E-state index in [2.05, 4.69) is 5.43 Å². The van der Waals surface area contributed by atoms with Gasteiger partial charge in [0.05, 0.1) is 6.07 Å².